The Balaban J connectivity index is 4.80. The van der Waals surface area contributed by atoms with Gasteiger partial charge in [0.15, 0.2) is 0 Å². The molecule has 0 aliphatic carbocycles. The van der Waals surface area contributed by atoms with Gasteiger partial charge in [0, 0.05) is 5.41 Å². The van der Waals surface area contributed by atoms with Crippen LogP contribution in [0.15, 0.2) is 0 Å². The van der Waals surface area contributed by atoms with Crippen LogP contribution in [0, 0.1) is 11.3 Å². The Labute approximate surface area is 108 Å². The van der Waals surface area contributed by atoms with E-state index in [-0.39, 0.29) is 19.1 Å². The van der Waals surface area contributed by atoms with Crippen LogP contribution in [0.25, 0.3) is 0 Å². The predicted octanol–water partition coefficient (Wildman–Crippen LogP) is 2.01. The van der Waals surface area contributed by atoms with Gasteiger partial charge in [0.05, 0.1) is 0 Å². The highest BCUT2D eigenvalue weighted by molar-refractivity contribution is 5.65. The van der Waals surface area contributed by atoms with Crippen molar-refractivity contribution in [1.29, 1.82) is 0 Å². The fraction of sp³-hybridized carbons (Fsp3) is 0.833. The maximum atomic E-state index is 10.7. The SMILES string of the molecule is CCCC(C)C(CC)(COC(N)=O)COC(N)=O. The van der Waals surface area contributed by atoms with Crippen molar-refractivity contribution in [2.75, 3.05) is 13.2 Å². The average molecular weight is 260 g/mol. The lowest BCUT2D eigenvalue weighted by Crippen LogP contribution is -2.41. The van der Waals surface area contributed by atoms with Gasteiger partial charge in [-0.05, 0) is 12.3 Å². The Kier molecular flexibility index (Phi) is 7.16. The van der Waals surface area contributed by atoms with Crippen LogP contribution in [-0.2, 0) is 9.47 Å². The second-order valence-electron chi connectivity index (χ2n) is 4.62. The van der Waals surface area contributed by atoms with Crippen LogP contribution in [-0.4, -0.2) is 25.4 Å². The lowest BCUT2D eigenvalue weighted by atomic mass is 9.73. The van der Waals surface area contributed by atoms with Crippen molar-refractivity contribution in [2.24, 2.45) is 22.8 Å². The smallest absolute Gasteiger partial charge is 0.404 e. The summed E-state index contributed by atoms with van der Waals surface area (Å²) >= 11 is 0. The van der Waals surface area contributed by atoms with Crippen LogP contribution in [0.1, 0.15) is 40.0 Å². The molecule has 18 heavy (non-hydrogen) atoms. The van der Waals surface area contributed by atoms with Crippen molar-refractivity contribution in [3.05, 3.63) is 0 Å². The van der Waals surface area contributed by atoms with Gasteiger partial charge in [-0.3, -0.25) is 0 Å². The number of hydrogen-bond donors (Lipinski definition) is 2. The molecular weight excluding hydrogens is 236 g/mol. The molecule has 0 aromatic carbocycles. The minimum absolute atomic E-state index is 0.132. The first-order chi connectivity index (χ1) is 8.38. The summed E-state index contributed by atoms with van der Waals surface area (Å²) in [6.45, 7) is 6.34. The molecule has 0 aromatic rings. The van der Waals surface area contributed by atoms with Gasteiger partial charge in [0.1, 0.15) is 13.2 Å². The lowest BCUT2D eigenvalue weighted by molar-refractivity contribution is -0.00911. The Morgan fingerprint density at radius 2 is 1.56 bits per heavy atom. The second-order valence-corrected chi connectivity index (χ2v) is 4.62. The van der Waals surface area contributed by atoms with Crippen LogP contribution >= 0.6 is 0 Å². The molecule has 0 heterocycles. The minimum Gasteiger partial charge on any atom is -0.449 e. The molecule has 6 nitrogen and oxygen atoms in total. The van der Waals surface area contributed by atoms with Gasteiger partial charge in [-0.25, -0.2) is 9.59 Å². The Morgan fingerprint density at radius 1 is 1.11 bits per heavy atom. The van der Waals surface area contributed by atoms with E-state index in [4.69, 9.17) is 20.9 Å². The van der Waals surface area contributed by atoms with E-state index in [2.05, 4.69) is 6.92 Å². The number of rotatable bonds is 8. The molecule has 0 aliphatic rings. The van der Waals surface area contributed by atoms with Gasteiger partial charge < -0.3 is 20.9 Å². The molecular formula is C12H24N2O4. The number of hydrogen-bond acceptors (Lipinski definition) is 4. The standard InChI is InChI=1S/C12H24N2O4/c1-4-6-9(3)12(5-2,7-17-10(13)15)8-18-11(14)16/h9H,4-8H2,1-3H3,(H2,13,15)(H2,14,16). The van der Waals surface area contributed by atoms with Gasteiger partial charge in [0.2, 0.25) is 0 Å². The van der Waals surface area contributed by atoms with E-state index in [1.165, 1.54) is 0 Å². The number of primary amides is 2. The van der Waals surface area contributed by atoms with Gasteiger partial charge in [-0.1, -0.05) is 33.6 Å². The lowest BCUT2D eigenvalue weighted by Gasteiger charge is -2.36. The van der Waals surface area contributed by atoms with E-state index in [1.807, 2.05) is 13.8 Å². The Hall–Kier alpha value is -1.46. The van der Waals surface area contributed by atoms with E-state index in [9.17, 15) is 9.59 Å². The first-order valence-corrected chi connectivity index (χ1v) is 6.22. The van der Waals surface area contributed by atoms with Crippen LogP contribution in [0.3, 0.4) is 0 Å². The molecule has 0 rings (SSSR count). The van der Waals surface area contributed by atoms with Crippen LogP contribution in [0.5, 0.6) is 0 Å². The predicted molar refractivity (Wildman–Crippen MR) is 67.9 cm³/mol. The first-order valence-electron chi connectivity index (χ1n) is 6.22. The Morgan fingerprint density at radius 3 is 1.83 bits per heavy atom. The third-order valence-electron chi connectivity index (χ3n) is 3.47. The zero-order chi connectivity index (χ0) is 14.2. The van der Waals surface area contributed by atoms with Crippen molar-refractivity contribution in [1.82, 2.24) is 0 Å². The third-order valence-corrected chi connectivity index (χ3v) is 3.47. The van der Waals surface area contributed by atoms with Gasteiger partial charge in [-0.15, -0.1) is 0 Å². The summed E-state index contributed by atoms with van der Waals surface area (Å²) in [5, 5.41) is 0. The fourth-order valence-corrected chi connectivity index (χ4v) is 2.05. The highest BCUT2D eigenvalue weighted by Gasteiger charge is 2.37. The van der Waals surface area contributed by atoms with E-state index in [1.54, 1.807) is 0 Å². The van der Waals surface area contributed by atoms with Crippen LogP contribution < -0.4 is 11.5 Å². The summed E-state index contributed by atoms with van der Waals surface area (Å²) in [5.41, 5.74) is 9.55. The molecule has 0 radical (unpaired) electrons. The summed E-state index contributed by atoms with van der Waals surface area (Å²) in [7, 11) is 0. The molecule has 1 atom stereocenters. The summed E-state index contributed by atoms with van der Waals surface area (Å²) in [5.74, 6) is 0.228. The van der Waals surface area contributed by atoms with Crippen molar-refractivity contribution < 1.29 is 19.1 Å². The summed E-state index contributed by atoms with van der Waals surface area (Å²) in [6, 6.07) is 0. The maximum absolute atomic E-state index is 10.7. The van der Waals surface area contributed by atoms with Crippen molar-refractivity contribution in [2.45, 2.75) is 40.0 Å². The summed E-state index contributed by atoms with van der Waals surface area (Å²) in [4.78, 5) is 21.5. The molecule has 0 aliphatic heterocycles. The molecule has 2 amide bonds. The van der Waals surface area contributed by atoms with E-state index >= 15 is 0 Å². The quantitative estimate of drug-likeness (QED) is 0.696. The van der Waals surface area contributed by atoms with Gasteiger partial charge >= 0.3 is 12.2 Å². The van der Waals surface area contributed by atoms with Gasteiger partial charge in [-0.2, -0.15) is 0 Å². The molecule has 0 aromatic heterocycles. The Bertz CT molecular complexity index is 263. The van der Waals surface area contributed by atoms with Crippen molar-refractivity contribution in [3.8, 4) is 0 Å². The zero-order valence-corrected chi connectivity index (χ0v) is 11.4. The van der Waals surface area contributed by atoms with Crippen LogP contribution in [0.4, 0.5) is 9.59 Å². The van der Waals surface area contributed by atoms with Gasteiger partial charge in [0.25, 0.3) is 0 Å². The summed E-state index contributed by atoms with van der Waals surface area (Å²) < 4.78 is 9.81. The number of carbonyl (C=O) groups is 2. The molecule has 0 saturated carbocycles. The molecule has 0 saturated heterocycles. The number of amides is 2. The molecule has 6 heteroatoms. The molecule has 4 N–H and O–H groups in total. The first kappa shape index (κ1) is 16.5. The topological polar surface area (TPSA) is 105 Å². The molecule has 0 spiro atoms. The monoisotopic (exact) mass is 260 g/mol. The fourth-order valence-electron chi connectivity index (χ4n) is 2.05. The minimum atomic E-state index is -0.824. The number of carbonyl (C=O) groups excluding carboxylic acids is 2. The van der Waals surface area contributed by atoms with Crippen molar-refractivity contribution in [3.63, 3.8) is 0 Å². The normalized spacial score (nSPS) is 12.8. The molecule has 1 unspecified atom stereocenters. The molecule has 0 bridgehead atoms. The maximum Gasteiger partial charge on any atom is 0.404 e. The van der Waals surface area contributed by atoms with Crippen LogP contribution in [0.2, 0.25) is 0 Å². The highest BCUT2D eigenvalue weighted by atomic mass is 16.6. The highest BCUT2D eigenvalue weighted by Crippen LogP contribution is 2.35. The number of nitrogens with two attached hydrogens (primary N) is 2. The second kappa shape index (κ2) is 7.79. The number of ether oxygens (including phenoxy) is 2. The molecule has 106 valence electrons. The zero-order valence-electron chi connectivity index (χ0n) is 11.4. The van der Waals surface area contributed by atoms with Crippen molar-refractivity contribution >= 4 is 12.2 Å². The summed E-state index contributed by atoms with van der Waals surface area (Å²) in [6.07, 6.45) is 0.995. The van der Waals surface area contributed by atoms with E-state index < -0.39 is 17.6 Å². The van der Waals surface area contributed by atoms with E-state index in [0.717, 1.165) is 12.8 Å². The third kappa shape index (κ3) is 5.25. The average Bonchev–Trinajstić information content (AvgIpc) is 2.29. The van der Waals surface area contributed by atoms with E-state index in [0.29, 0.717) is 6.42 Å². The molecule has 0 fully saturated rings. The largest absolute Gasteiger partial charge is 0.449 e.